The third kappa shape index (κ3) is 3.89. The molecular weight excluding hydrogens is 281 g/mol. The molecule has 0 spiro atoms. The zero-order valence-electron chi connectivity index (χ0n) is 12.3. The molecule has 2 rings (SSSR count). The maximum absolute atomic E-state index is 12.4. The molecule has 0 aliphatic carbocycles. The van der Waals surface area contributed by atoms with Crippen molar-refractivity contribution in [2.24, 2.45) is 0 Å². The smallest absolute Gasteiger partial charge is 0.382 e. The monoisotopic (exact) mass is 302 g/mol. The molecule has 0 amide bonds. The van der Waals surface area contributed by atoms with E-state index in [1.807, 2.05) is 32.0 Å². The van der Waals surface area contributed by atoms with Crippen LogP contribution in [0.4, 0.5) is 18.9 Å². The van der Waals surface area contributed by atoms with Gasteiger partial charge in [0.1, 0.15) is 0 Å². The Bertz CT molecular complexity index is 462. The van der Waals surface area contributed by atoms with Crippen LogP contribution in [0.3, 0.4) is 0 Å². The van der Waals surface area contributed by atoms with E-state index in [0.29, 0.717) is 26.2 Å². The molecule has 1 unspecified atom stereocenters. The molecule has 0 bridgehead atoms. The molecule has 1 fully saturated rings. The van der Waals surface area contributed by atoms with Gasteiger partial charge in [-0.15, -0.1) is 0 Å². The standard InChI is InChI=1S/C15H21F3N2O/c1-11-4-3-5-12(2)14(11)20-8-6-19(7-9-20)10-13(21)15(16,17)18/h3-5,13,21H,6-10H2,1-2H3. The van der Waals surface area contributed by atoms with E-state index in [1.165, 1.54) is 16.8 Å². The highest BCUT2D eigenvalue weighted by Gasteiger charge is 2.39. The number of β-amino-alcohol motifs (C(OH)–C–C–N with tert-alkyl or cyclic N) is 1. The number of halogens is 3. The summed E-state index contributed by atoms with van der Waals surface area (Å²) in [5.41, 5.74) is 3.53. The van der Waals surface area contributed by atoms with Crippen LogP contribution in [0, 0.1) is 13.8 Å². The molecule has 1 aliphatic rings. The van der Waals surface area contributed by atoms with E-state index < -0.39 is 12.3 Å². The molecule has 1 aromatic rings. The lowest BCUT2D eigenvalue weighted by atomic mass is 10.1. The highest BCUT2D eigenvalue weighted by Crippen LogP contribution is 2.26. The Hall–Kier alpha value is -1.27. The highest BCUT2D eigenvalue weighted by molar-refractivity contribution is 5.59. The van der Waals surface area contributed by atoms with Crippen LogP contribution in [0.25, 0.3) is 0 Å². The molecule has 0 saturated carbocycles. The van der Waals surface area contributed by atoms with Crippen LogP contribution in [0.5, 0.6) is 0 Å². The zero-order chi connectivity index (χ0) is 15.6. The minimum Gasteiger partial charge on any atom is -0.382 e. The minimum absolute atomic E-state index is 0.343. The van der Waals surface area contributed by atoms with Crippen molar-refractivity contribution in [3.05, 3.63) is 29.3 Å². The first-order valence-corrected chi connectivity index (χ1v) is 7.07. The number of aryl methyl sites for hydroxylation is 2. The Labute approximate surface area is 123 Å². The lowest BCUT2D eigenvalue weighted by Crippen LogP contribution is -2.51. The van der Waals surface area contributed by atoms with Crippen molar-refractivity contribution in [2.45, 2.75) is 26.1 Å². The summed E-state index contributed by atoms with van der Waals surface area (Å²) in [6, 6.07) is 6.09. The van der Waals surface area contributed by atoms with Gasteiger partial charge in [0.2, 0.25) is 0 Å². The number of nitrogens with zero attached hydrogens (tertiary/aromatic N) is 2. The van der Waals surface area contributed by atoms with Crippen molar-refractivity contribution in [3.8, 4) is 0 Å². The van der Waals surface area contributed by atoms with Crippen LogP contribution in [0.2, 0.25) is 0 Å². The average Bonchev–Trinajstić information content (AvgIpc) is 2.39. The van der Waals surface area contributed by atoms with Crippen molar-refractivity contribution >= 4 is 5.69 Å². The van der Waals surface area contributed by atoms with Crippen molar-refractivity contribution in [1.82, 2.24) is 4.90 Å². The first-order chi connectivity index (χ1) is 9.79. The molecule has 1 atom stereocenters. The third-order valence-electron chi connectivity index (χ3n) is 3.94. The quantitative estimate of drug-likeness (QED) is 0.928. The second kappa shape index (κ2) is 6.23. The summed E-state index contributed by atoms with van der Waals surface area (Å²) in [5, 5.41) is 9.13. The van der Waals surface area contributed by atoms with Gasteiger partial charge >= 0.3 is 6.18 Å². The molecular formula is C15H21F3N2O. The first kappa shape index (κ1) is 16.1. The predicted octanol–water partition coefficient (Wildman–Crippen LogP) is 2.35. The number of hydrogen-bond donors (Lipinski definition) is 1. The summed E-state index contributed by atoms with van der Waals surface area (Å²) in [5.74, 6) is 0. The fourth-order valence-corrected chi connectivity index (χ4v) is 2.81. The van der Waals surface area contributed by atoms with Gasteiger partial charge in [-0.3, -0.25) is 4.90 Å². The largest absolute Gasteiger partial charge is 0.415 e. The Morgan fingerprint density at radius 1 is 1.10 bits per heavy atom. The maximum atomic E-state index is 12.4. The fourth-order valence-electron chi connectivity index (χ4n) is 2.81. The van der Waals surface area contributed by atoms with E-state index >= 15 is 0 Å². The van der Waals surface area contributed by atoms with Crippen LogP contribution in [-0.4, -0.2) is 55.0 Å². The van der Waals surface area contributed by atoms with Gasteiger partial charge in [0.25, 0.3) is 0 Å². The molecule has 1 N–H and O–H groups in total. The van der Waals surface area contributed by atoms with Gasteiger partial charge in [0, 0.05) is 38.4 Å². The maximum Gasteiger partial charge on any atom is 0.415 e. The fraction of sp³-hybridized carbons (Fsp3) is 0.600. The van der Waals surface area contributed by atoms with Crippen LogP contribution < -0.4 is 4.90 Å². The summed E-state index contributed by atoms with van der Waals surface area (Å²) in [6.45, 7) is 6.16. The molecule has 0 radical (unpaired) electrons. The van der Waals surface area contributed by atoms with Gasteiger partial charge in [-0.1, -0.05) is 18.2 Å². The Kier molecular flexibility index (Phi) is 4.78. The van der Waals surface area contributed by atoms with Gasteiger partial charge in [-0.05, 0) is 25.0 Å². The number of para-hydroxylation sites is 1. The molecule has 6 heteroatoms. The van der Waals surface area contributed by atoms with E-state index in [-0.39, 0.29) is 6.54 Å². The molecule has 1 saturated heterocycles. The Morgan fingerprint density at radius 3 is 2.10 bits per heavy atom. The molecule has 21 heavy (non-hydrogen) atoms. The number of aliphatic hydroxyl groups excluding tert-OH is 1. The predicted molar refractivity (Wildman–Crippen MR) is 76.6 cm³/mol. The highest BCUT2D eigenvalue weighted by atomic mass is 19.4. The van der Waals surface area contributed by atoms with E-state index in [4.69, 9.17) is 5.11 Å². The topological polar surface area (TPSA) is 26.7 Å². The molecule has 118 valence electrons. The second-order valence-electron chi connectivity index (χ2n) is 5.59. The number of aliphatic hydroxyl groups is 1. The van der Waals surface area contributed by atoms with Crippen molar-refractivity contribution in [1.29, 1.82) is 0 Å². The van der Waals surface area contributed by atoms with Gasteiger partial charge in [0.15, 0.2) is 6.10 Å². The Balaban J connectivity index is 1.95. The molecule has 0 aromatic heterocycles. The third-order valence-corrected chi connectivity index (χ3v) is 3.94. The van der Waals surface area contributed by atoms with Crippen molar-refractivity contribution in [2.75, 3.05) is 37.6 Å². The van der Waals surface area contributed by atoms with E-state index in [0.717, 1.165) is 0 Å². The minimum atomic E-state index is -4.54. The van der Waals surface area contributed by atoms with Crippen molar-refractivity contribution < 1.29 is 18.3 Å². The van der Waals surface area contributed by atoms with Crippen LogP contribution in [-0.2, 0) is 0 Å². The summed E-state index contributed by atoms with van der Waals surface area (Å²) < 4.78 is 37.1. The summed E-state index contributed by atoms with van der Waals surface area (Å²) in [4.78, 5) is 3.88. The van der Waals surface area contributed by atoms with E-state index in [1.54, 1.807) is 4.90 Å². The van der Waals surface area contributed by atoms with Crippen molar-refractivity contribution in [3.63, 3.8) is 0 Å². The molecule has 1 aliphatic heterocycles. The van der Waals surface area contributed by atoms with E-state index in [2.05, 4.69) is 4.90 Å². The molecule has 3 nitrogen and oxygen atoms in total. The van der Waals surface area contributed by atoms with E-state index in [9.17, 15) is 13.2 Å². The zero-order valence-corrected chi connectivity index (χ0v) is 12.3. The molecule has 1 aromatic carbocycles. The lowest BCUT2D eigenvalue weighted by molar-refractivity contribution is -0.208. The summed E-state index contributed by atoms with van der Waals surface area (Å²) >= 11 is 0. The van der Waals surface area contributed by atoms with Gasteiger partial charge in [-0.2, -0.15) is 13.2 Å². The number of anilines is 1. The second-order valence-corrected chi connectivity index (χ2v) is 5.59. The van der Waals surface area contributed by atoms with Crippen LogP contribution >= 0.6 is 0 Å². The number of benzene rings is 1. The number of hydrogen-bond acceptors (Lipinski definition) is 3. The number of piperazine rings is 1. The summed E-state index contributed by atoms with van der Waals surface area (Å²) in [7, 11) is 0. The molecule has 1 heterocycles. The van der Waals surface area contributed by atoms with Crippen LogP contribution in [0.15, 0.2) is 18.2 Å². The lowest BCUT2D eigenvalue weighted by Gasteiger charge is -2.38. The Morgan fingerprint density at radius 2 is 1.62 bits per heavy atom. The number of rotatable bonds is 3. The average molecular weight is 302 g/mol. The first-order valence-electron chi connectivity index (χ1n) is 7.07. The SMILES string of the molecule is Cc1cccc(C)c1N1CCN(CC(O)C(F)(F)F)CC1. The van der Waals surface area contributed by atoms with Gasteiger partial charge in [-0.25, -0.2) is 0 Å². The van der Waals surface area contributed by atoms with Gasteiger partial charge in [0.05, 0.1) is 0 Å². The number of alkyl halides is 3. The van der Waals surface area contributed by atoms with Gasteiger partial charge < -0.3 is 10.0 Å². The summed E-state index contributed by atoms with van der Waals surface area (Å²) in [6.07, 6.45) is -6.80. The van der Waals surface area contributed by atoms with Crippen LogP contribution in [0.1, 0.15) is 11.1 Å². The normalized spacial score (nSPS) is 18.9.